The number of nitrogens with zero attached hydrogens (tertiary/aromatic N) is 3. The molecule has 0 N–H and O–H groups in total. The van der Waals surface area contributed by atoms with Gasteiger partial charge in [-0.3, -0.25) is 4.98 Å². The van der Waals surface area contributed by atoms with E-state index in [1.807, 2.05) is 29.5 Å². The number of rotatable bonds is 10. The Morgan fingerprint density at radius 1 is 0.712 bits per heavy atom. The summed E-state index contributed by atoms with van der Waals surface area (Å²) in [5, 5.41) is 5.06. The first-order valence-corrected chi connectivity index (χ1v) is 34.4. The Kier molecular flexibility index (Phi) is 14.6. The maximum absolute atomic E-state index is 6.20. The molecule has 0 unspecified atom stereocenters. The Labute approximate surface area is 452 Å². The van der Waals surface area contributed by atoms with Crippen LogP contribution in [0.2, 0.25) is 17.3 Å². The fraction of sp³-hybridized carbons (Fsp3) is 0.273. The van der Waals surface area contributed by atoms with Crippen molar-refractivity contribution >= 4 is 82.1 Å². The number of hydrogen-bond acceptors (Lipinski definition) is 4. The third-order valence-electron chi connectivity index (χ3n) is 14.8. The number of benzene rings is 7. The first kappa shape index (κ1) is 50.9. The molecule has 4 aromatic heterocycles. The van der Waals surface area contributed by atoms with Crippen molar-refractivity contribution < 1.29 is 24.5 Å². The minimum absolute atomic E-state index is 0. The van der Waals surface area contributed by atoms with E-state index in [9.17, 15) is 0 Å². The normalized spacial score (nSPS) is 13.3. The average Bonchev–Trinajstić information content (AvgIpc) is 4.20. The molecule has 73 heavy (non-hydrogen) atoms. The number of para-hydroxylation sites is 3. The van der Waals surface area contributed by atoms with Crippen molar-refractivity contribution in [2.75, 3.05) is 0 Å². The predicted molar refractivity (Wildman–Crippen MR) is 310 cm³/mol. The molecule has 4 heterocycles. The smallest absolute Gasteiger partial charge is 0.0774 e. The minimum atomic E-state index is -1.98. The molecule has 1 aliphatic carbocycles. The molecule has 0 spiro atoms. The molecular weight excluding hydrogens is 1150 g/mol. The molecule has 0 aliphatic heterocycles. The predicted octanol–water partition coefficient (Wildman–Crippen LogP) is 18.6. The Morgan fingerprint density at radius 3 is 2.10 bits per heavy atom. The van der Waals surface area contributed by atoms with Gasteiger partial charge in [-0.1, -0.05) is 125 Å². The largest absolute Gasteiger partial charge is 0.333 e. The number of aromatic nitrogens is 3. The molecule has 1 fully saturated rings. The quantitative estimate of drug-likeness (QED) is 0.101. The fourth-order valence-electron chi connectivity index (χ4n) is 11.4. The summed E-state index contributed by atoms with van der Waals surface area (Å²) in [6.07, 6.45) is 8.40. The van der Waals surface area contributed by atoms with E-state index in [0.717, 1.165) is 62.0 Å². The first-order valence-electron chi connectivity index (χ1n) is 26.2. The van der Waals surface area contributed by atoms with Gasteiger partial charge in [0.25, 0.3) is 0 Å². The van der Waals surface area contributed by atoms with Gasteiger partial charge in [0.1, 0.15) is 0 Å². The van der Waals surface area contributed by atoms with E-state index in [2.05, 4.69) is 203 Å². The van der Waals surface area contributed by atoms with Gasteiger partial charge in [0.15, 0.2) is 0 Å². The van der Waals surface area contributed by atoms with Crippen LogP contribution in [0.1, 0.15) is 107 Å². The van der Waals surface area contributed by atoms with Gasteiger partial charge >= 0.3 is 164 Å². The summed E-state index contributed by atoms with van der Waals surface area (Å²) in [7, 11) is 0. The third kappa shape index (κ3) is 9.70. The molecule has 11 aromatic rings. The van der Waals surface area contributed by atoms with Crippen molar-refractivity contribution in [1.82, 2.24) is 14.5 Å². The van der Waals surface area contributed by atoms with Crippen LogP contribution in [0.15, 0.2) is 150 Å². The van der Waals surface area contributed by atoms with Crippen LogP contribution in [0, 0.1) is 18.1 Å². The zero-order chi connectivity index (χ0) is 49.8. The van der Waals surface area contributed by atoms with E-state index in [0.29, 0.717) is 23.7 Å². The molecule has 0 saturated heterocycles. The zero-order valence-corrected chi connectivity index (χ0v) is 49.0. The van der Waals surface area contributed by atoms with E-state index in [-0.39, 0.29) is 20.1 Å². The third-order valence-corrected chi connectivity index (χ3v) is 20.4. The van der Waals surface area contributed by atoms with Crippen molar-refractivity contribution in [3.63, 3.8) is 0 Å². The van der Waals surface area contributed by atoms with Crippen molar-refractivity contribution in [2.45, 2.75) is 109 Å². The summed E-state index contributed by atoms with van der Waals surface area (Å²) in [5.41, 5.74) is 16.4. The second-order valence-corrected chi connectivity index (χ2v) is 33.7. The number of pyridine rings is 1. The number of hydrogen-bond donors (Lipinski definition) is 0. The van der Waals surface area contributed by atoms with Crippen LogP contribution < -0.4 is 4.40 Å². The van der Waals surface area contributed by atoms with E-state index in [1.165, 1.54) is 89.3 Å². The Hall–Kier alpha value is -5.63. The molecule has 1 aliphatic rings. The first-order chi connectivity index (χ1) is 34.8. The summed E-state index contributed by atoms with van der Waals surface area (Å²) in [4.78, 5) is 10.3. The summed E-state index contributed by atoms with van der Waals surface area (Å²) >= 11 is -0.0705. The van der Waals surface area contributed by atoms with E-state index < -0.39 is 13.3 Å². The average molecular weight is 1210 g/mol. The van der Waals surface area contributed by atoms with Crippen LogP contribution in [0.5, 0.6) is 0 Å². The van der Waals surface area contributed by atoms with Crippen molar-refractivity contribution in [1.29, 1.82) is 0 Å². The zero-order valence-electron chi connectivity index (χ0n) is 43.7. The second-order valence-electron chi connectivity index (χ2n) is 22.1. The number of furan rings is 1. The molecule has 1 saturated carbocycles. The van der Waals surface area contributed by atoms with Gasteiger partial charge in [0.2, 0.25) is 0 Å². The minimum Gasteiger partial charge on any atom is -0.333 e. The SMILES string of the molecule is CC(C)Cc1cc(-c2[c-]ccc3c2oc2ccccc23)nc[c]1[Ge]([CH3])([CH3])[CH3].CC(C)c1cc(-c2ccccc2)cc(C(C)C)c1-n1c(-c2[c-]cc(C3CCCC3)c3c2sc2ccccc23)nc2ccccc21.[Ir]. The van der Waals surface area contributed by atoms with Gasteiger partial charge in [-0.15, -0.1) is 17.7 Å². The molecule has 0 amide bonds. The van der Waals surface area contributed by atoms with Crippen LogP contribution in [-0.4, -0.2) is 27.8 Å². The van der Waals surface area contributed by atoms with Gasteiger partial charge in [-0.05, 0) is 80.4 Å². The van der Waals surface area contributed by atoms with Gasteiger partial charge in [-0.2, -0.15) is 11.3 Å². The van der Waals surface area contributed by atoms with E-state index >= 15 is 0 Å². The van der Waals surface area contributed by atoms with Crippen molar-refractivity contribution in [3.05, 3.63) is 180 Å². The summed E-state index contributed by atoms with van der Waals surface area (Å²) in [6.45, 7) is 13.9. The van der Waals surface area contributed by atoms with Crippen LogP contribution in [-0.2, 0) is 26.5 Å². The van der Waals surface area contributed by atoms with E-state index in [1.54, 1.807) is 0 Å². The Bertz CT molecular complexity index is 3740. The molecule has 4 nitrogen and oxygen atoms in total. The van der Waals surface area contributed by atoms with Crippen LogP contribution in [0.25, 0.3) is 92.6 Å². The molecule has 12 rings (SSSR count). The molecule has 0 bridgehead atoms. The van der Waals surface area contributed by atoms with Gasteiger partial charge in [0.05, 0.1) is 16.9 Å². The Morgan fingerprint density at radius 2 is 1.38 bits per heavy atom. The summed E-state index contributed by atoms with van der Waals surface area (Å²) in [6, 6.07) is 57.4. The molecule has 0 atom stereocenters. The van der Waals surface area contributed by atoms with Crippen LogP contribution >= 0.6 is 11.3 Å². The van der Waals surface area contributed by atoms with Crippen molar-refractivity contribution in [3.8, 4) is 39.5 Å². The maximum Gasteiger partial charge on any atom is 0.0774 e. The Balaban J connectivity index is 0.000000187. The summed E-state index contributed by atoms with van der Waals surface area (Å²) in [5.74, 6) is 10.2. The van der Waals surface area contributed by atoms with Gasteiger partial charge in [0, 0.05) is 30.5 Å². The van der Waals surface area contributed by atoms with Gasteiger partial charge < -0.3 is 4.57 Å². The molecular formula is C66H65GeIrN3OS-2. The maximum atomic E-state index is 6.20. The molecule has 7 aromatic carbocycles. The number of thiophene rings is 1. The fourth-order valence-corrected chi connectivity index (χ4v) is 15.9. The standard InChI is InChI=1S/C42H39N2S.C24H26GeNO.Ir/c1-26(2)34-24-30(28-14-6-5-7-15-28)25-35(27(3)4)40(34)44-37-20-12-11-19-36(37)43-42(44)33-23-22-31(29-16-8-9-17-29)39-32-18-10-13-21-38(32)45-41(33)39;1-16(2)13-17-14-22(26-15-21(17)25(3,4)5)20-11-8-10-19-18-9-6-7-12-23(18)27-24(19)20;/h5-7,10-15,18-22,24-27,29H,8-9,16-17H2,1-4H3;6-10,12,14-16H,13H2,1-5H3;/q2*-1;. The summed E-state index contributed by atoms with van der Waals surface area (Å²) < 4.78 is 12.8. The van der Waals surface area contributed by atoms with Crippen molar-refractivity contribution in [2.24, 2.45) is 5.92 Å². The monoisotopic (exact) mass is 1210 g/mol. The second kappa shape index (κ2) is 20.9. The molecule has 371 valence electrons. The van der Waals surface area contributed by atoms with Crippen LogP contribution in [0.4, 0.5) is 0 Å². The van der Waals surface area contributed by atoms with Gasteiger partial charge in [-0.25, -0.2) is 0 Å². The molecule has 7 heteroatoms. The number of fused-ring (bicyclic) bond motifs is 7. The number of imidazole rings is 1. The molecule has 1 radical (unpaired) electrons. The van der Waals surface area contributed by atoms with E-state index in [4.69, 9.17) is 14.4 Å². The van der Waals surface area contributed by atoms with Crippen LogP contribution in [0.3, 0.4) is 0 Å². The topological polar surface area (TPSA) is 43.9 Å².